The number of carbonyl (C=O) groups excluding carboxylic acids is 4. The summed E-state index contributed by atoms with van der Waals surface area (Å²) in [7, 11) is 2.77. The fourth-order valence-corrected chi connectivity index (χ4v) is 1.12. The summed E-state index contributed by atoms with van der Waals surface area (Å²) in [6, 6.07) is 0. The molecule has 0 N–H and O–H groups in total. The Morgan fingerprint density at radius 2 is 1.06 bits per heavy atom. The lowest BCUT2D eigenvalue weighted by atomic mass is 9.92. The van der Waals surface area contributed by atoms with Crippen molar-refractivity contribution in [1.29, 1.82) is 0 Å². The summed E-state index contributed by atoms with van der Waals surface area (Å²) < 4.78 is 12.6. The largest absolute Gasteiger partial charge is 0.549 e. The van der Waals surface area contributed by atoms with Crippen LogP contribution >= 0.6 is 0 Å². The van der Waals surface area contributed by atoms with Gasteiger partial charge in [0.1, 0.15) is 5.92 Å². The standard InChI is InChI=1S/C9H12O8/c1-15-7(12)4(6(10)11)5(8(13)16-2)9(14)17-3/h4-5H,1-3H3,(H,10,11)/p-1. The molecule has 0 radical (unpaired) electrons. The molecule has 1 unspecified atom stereocenters. The molecule has 17 heavy (non-hydrogen) atoms. The molecule has 0 heterocycles. The molecule has 0 aromatic carbocycles. The van der Waals surface area contributed by atoms with Crippen LogP contribution in [0.15, 0.2) is 0 Å². The summed E-state index contributed by atoms with van der Waals surface area (Å²) in [5.41, 5.74) is 0. The molecule has 0 aromatic rings. The van der Waals surface area contributed by atoms with Crippen LogP contribution in [0, 0.1) is 11.8 Å². The number of hydrogen-bond donors (Lipinski definition) is 0. The Morgan fingerprint density at radius 1 is 0.765 bits per heavy atom. The molecule has 0 bridgehead atoms. The van der Waals surface area contributed by atoms with Crippen LogP contribution in [0.5, 0.6) is 0 Å². The number of ether oxygens (including phenoxy) is 3. The van der Waals surface area contributed by atoms with Gasteiger partial charge in [0.15, 0.2) is 5.92 Å². The van der Waals surface area contributed by atoms with Crippen molar-refractivity contribution in [3.8, 4) is 0 Å². The first-order valence-corrected chi connectivity index (χ1v) is 4.35. The van der Waals surface area contributed by atoms with E-state index in [1.807, 2.05) is 0 Å². The molecule has 0 rings (SSSR count). The highest BCUT2D eigenvalue weighted by Gasteiger charge is 2.42. The molecule has 0 amide bonds. The Bertz CT molecular complexity index is 318. The second-order valence-electron chi connectivity index (χ2n) is 2.84. The van der Waals surface area contributed by atoms with E-state index in [1.165, 1.54) is 0 Å². The highest BCUT2D eigenvalue weighted by molar-refractivity contribution is 6.06. The van der Waals surface area contributed by atoms with Crippen molar-refractivity contribution in [2.24, 2.45) is 11.8 Å². The van der Waals surface area contributed by atoms with E-state index < -0.39 is 35.7 Å². The molecule has 0 spiro atoms. The van der Waals surface area contributed by atoms with Gasteiger partial charge in [-0.1, -0.05) is 0 Å². The van der Waals surface area contributed by atoms with Gasteiger partial charge < -0.3 is 24.1 Å². The number of carbonyl (C=O) groups is 4. The zero-order chi connectivity index (χ0) is 13.6. The number of esters is 3. The van der Waals surface area contributed by atoms with Crippen LogP contribution in [0.25, 0.3) is 0 Å². The molecule has 0 aliphatic carbocycles. The Balaban J connectivity index is 5.36. The lowest BCUT2D eigenvalue weighted by Gasteiger charge is -2.21. The van der Waals surface area contributed by atoms with Crippen LogP contribution in [0.2, 0.25) is 0 Å². The maximum atomic E-state index is 11.3. The van der Waals surface area contributed by atoms with Gasteiger partial charge in [-0.05, 0) is 0 Å². The summed E-state index contributed by atoms with van der Waals surface area (Å²) in [5.74, 6) is -9.75. The zero-order valence-electron chi connectivity index (χ0n) is 9.42. The van der Waals surface area contributed by atoms with Crippen molar-refractivity contribution >= 4 is 23.9 Å². The minimum absolute atomic E-state index is 0.907. The van der Waals surface area contributed by atoms with Gasteiger partial charge in [0.05, 0.1) is 27.3 Å². The second kappa shape index (κ2) is 6.46. The van der Waals surface area contributed by atoms with Crippen molar-refractivity contribution in [2.75, 3.05) is 21.3 Å². The first-order valence-electron chi connectivity index (χ1n) is 4.35. The Kier molecular flexibility index (Phi) is 5.65. The van der Waals surface area contributed by atoms with E-state index in [4.69, 9.17) is 0 Å². The lowest BCUT2D eigenvalue weighted by molar-refractivity contribution is -0.312. The van der Waals surface area contributed by atoms with Gasteiger partial charge in [0, 0.05) is 0 Å². The second-order valence-corrected chi connectivity index (χ2v) is 2.84. The third-order valence-electron chi connectivity index (χ3n) is 1.95. The van der Waals surface area contributed by atoms with Gasteiger partial charge in [-0.2, -0.15) is 0 Å². The van der Waals surface area contributed by atoms with Gasteiger partial charge in [-0.25, -0.2) is 0 Å². The number of carboxylic acid groups (broad SMARTS) is 1. The fraction of sp³-hybridized carbons (Fsp3) is 0.556. The topological polar surface area (TPSA) is 119 Å². The Morgan fingerprint density at radius 3 is 1.29 bits per heavy atom. The van der Waals surface area contributed by atoms with Gasteiger partial charge in [0.25, 0.3) is 0 Å². The van der Waals surface area contributed by atoms with E-state index in [-0.39, 0.29) is 0 Å². The number of aliphatic carboxylic acids is 1. The number of rotatable bonds is 5. The van der Waals surface area contributed by atoms with Crippen molar-refractivity contribution in [1.82, 2.24) is 0 Å². The predicted octanol–water partition coefficient (Wildman–Crippen LogP) is -2.51. The van der Waals surface area contributed by atoms with Crippen LogP contribution < -0.4 is 5.11 Å². The van der Waals surface area contributed by atoms with Crippen LogP contribution in [0.1, 0.15) is 0 Å². The minimum Gasteiger partial charge on any atom is -0.549 e. The lowest BCUT2D eigenvalue weighted by Crippen LogP contribution is -2.47. The van der Waals surface area contributed by atoms with Crippen LogP contribution in [0.4, 0.5) is 0 Å². The molecule has 8 heteroatoms. The molecule has 0 saturated heterocycles. The molecular formula is C9H11O8-. The summed E-state index contributed by atoms with van der Waals surface area (Å²) >= 11 is 0. The average molecular weight is 247 g/mol. The predicted molar refractivity (Wildman–Crippen MR) is 48.0 cm³/mol. The summed E-state index contributed by atoms with van der Waals surface area (Å²) in [6.45, 7) is 0. The molecule has 0 fully saturated rings. The average Bonchev–Trinajstić information content (AvgIpc) is 2.32. The highest BCUT2D eigenvalue weighted by Crippen LogP contribution is 2.17. The summed E-state index contributed by atoms with van der Waals surface area (Å²) in [6.07, 6.45) is 0. The molecule has 0 aliphatic rings. The van der Waals surface area contributed by atoms with Gasteiger partial charge in [-0.15, -0.1) is 0 Å². The molecular weight excluding hydrogens is 236 g/mol. The summed E-state index contributed by atoms with van der Waals surface area (Å²) in [5, 5.41) is 10.8. The van der Waals surface area contributed by atoms with Gasteiger partial charge in [0.2, 0.25) is 0 Å². The first-order chi connectivity index (χ1) is 7.90. The van der Waals surface area contributed by atoms with Gasteiger partial charge in [-0.3, -0.25) is 14.4 Å². The van der Waals surface area contributed by atoms with E-state index in [1.54, 1.807) is 0 Å². The molecule has 8 nitrogen and oxygen atoms in total. The van der Waals surface area contributed by atoms with Crippen molar-refractivity contribution in [3.63, 3.8) is 0 Å². The van der Waals surface area contributed by atoms with Crippen LogP contribution in [-0.2, 0) is 33.4 Å². The maximum absolute atomic E-state index is 11.3. The third-order valence-corrected chi connectivity index (χ3v) is 1.95. The van der Waals surface area contributed by atoms with Gasteiger partial charge >= 0.3 is 17.9 Å². The molecule has 1 atom stereocenters. The van der Waals surface area contributed by atoms with Crippen molar-refractivity contribution in [3.05, 3.63) is 0 Å². The Hall–Kier alpha value is -2.12. The zero-order valence-corrected chi connectivity index (χ0v) is 9.42. The monoisotopic (exact) mass is 247 g/mol. The Labute approximate surface area is 96.4 Å². The van der Waals surface area contributed by atoms with Crippen molar-refractivity contribution < 1.29 is 38.5 Å². The number of hydrogen-bond acceptors (Lipinski definition) is 8. The van der Waals surface area contributed by atoms with Crippen LogP contribution in [0.3, 0.4) is 0 Å². The number of methoxy groups -OCH3 is 3. The minimum atomic E-state index is -2.11. The smallest absolute Gasteiger partial charge is 0.321 e. The van der Waals surface area contributed by atoms with Crippen molar-refractivity contribution in [2.45, 2.75) is 0 Å². The molecule has 0 saturated carbocycles. The first kappa shape index (κ1) is 14.9. The van der Waals surface area contributed by atoms with E-state index in [0.717, 1.165) is 21.3 Å². The molecule has 0 aromatic heterocycles. The summed E-state index contributed by atoms with van der Waals surface area (Å²) in [4.78, 5) is 44.4. The van der Waals surface area contributed by atoms with E-state index in [9.17, 15) is 24.3 Å². The third kappa shape index (κ3) is 3.44. The number of carboxylic acids is 1. The molecule has 96 valence electrons. The van der Waals surface area contributed by atoms with E-state index in [0.29, 0.717) is 0 Å². The quantitative estimate of drug-likeness (QED) is 0.297. The van der Waals surface area contributed by atoms with E-state index in [2.05, 4.69) is 14.2 Å². The normalized spacial score (nSPS) is 11.5. The highest BCUT2D eigenvalue weighted by atomic mass is 16.5. The SMILES string of the molecule is COC(=O)C(C(=O)[O-])C(C(=O)OC)C(=O)OC. The fourth-order valence-electron chi connectivity index (χ4n) is 1.12. The van der Waals surface area contributed by atoms with E-state index >= 15 is 0 Å². The maximum Gasteiger partial charge on any atom is 0.321 e. The van der Waals surface area contributed by atoms with Crippen LogP contribution in [-0.4, -0.2) is 45.2 Å². The molecule has 0 aliphatic heterocycles.